The van der Waals surface area contributed by atoms with E-state index in [9.17, 15) is 4.79 Å². The highest BCUT2D eigenvalue weighted by molar-refractivity contribution is 8.00. The summed E-state index contributed by atoms with van der Waals surface area (Å²) in [5.41, 5.74) is 1.33. The van der Waals surface area contributed by atoms with Crippen molar-refractivity contribution in [3.63, 3.8) is 0 Å². The van der Waals surface area contributed by atoms with Gasteiger partial charge in [-0.15, -0.1) is 23.1 Å². The fourth-order valence-electron chi connectivity index (χ4n) is 2.55. The number of carbonyl (C=O) groups is 1. The molecule has 3 nitrogen and oxygen atoms in total. The Bertz CT molecular complexity index is 431. The Balaban J connectivity index is 1.94. The Kier molecular flexibility index (Phi) is 2.49. The maximum atomic E-state index is 11.0. The van der Waals surface area contributed by atoms with E-state index in [0.29, 0.717) is 5.75 Å². The molecule has 2 aliphatic rings. The lowest BCUT2D eigenvalue weighted by Gasteiger charge is -2.33. The van der Waals surface area contributed by atoms with E-state index in [1.165, 1.54) is 10.4 Å². The van der Waals surface area contributed by atoms with Crippen molar-refractivity contribution in [3.05, 3.63) is 21.9 Å². The largest absolute Gasteiger partial charge is 0.480 e. The Hall–Kier alpha value is -0.520. The lowest BCUT2D eigenvalue weighted by Crippen LogP contribution is -2.44. The van der Waals surface area contributed by atoms with Crippen LogP contribution in [0.2, 0.25) is 0 Å². The molecule has 1 spiro atoms. The summed E-state index contributed by atoms with van der Waals surface area (Å²) in [6.07, 6.45) is 3.35. The summed E-state index contributed by atoms with van der Waals surface area (Å²) in [6, 6.07) is 1.76. The Morgan fingerprint density at radius 2 is 2.50 bits per heavy atom. The predicted octanol–water partition coefficient (Wildman–Crippen LogP) is 2.03. The number of thiophene rings is 1. The van der Waals surface area contributed by atoms with E-state index in [4.69, 9.17) is 5.11 Å². The average Bonchev–Trinajstić information content (AvgIpc) is 2.86. The van der Waals surface area contributed by atoms with Crippen LogP contribution in [0.4, 0.5) is 0 Å². The number of carboxylic acid groups (broad SMARTS) is 1. The number of fused-ring (bicyclic) bond motifs is 2. The van der Waals surface area contributed by atoms with Gasteiger partial charge in [0, 0.05) is 10.6 Å². The maximum Gasteiger partial charge on any atom is 0.321 e. The topological polar surface area (TPSA) is 49.3 Å². The van der Waals surface area contributed by atoms with Crippen LogP contribution in [0.15, 0.2) is 11.4 Å². The van der Waals surface area contributed by atoms with Crippen LogP contribution in [-0.2, 0) is 16.1 Å². The van der Waals surface area contributed by atoms with Crippen molar-refractivity contribution >= 4 is 29.1 Å². The highest BCUT2D eigenvalue weighted by Crippen LogP contribution is 2.49. The van der Waals surface area contributed by atoms with Crippen molar-refractivity contribution in [2.45, 2.75) is 30.2 Å². The normalized spacial score (nSPS) is 32.9. The van der Waals surface area contributed by atoms with Gasteiger partial charge in [-0.2, -0.15) is 0 Å². The molecular weight excluding hydrogens is 242 g/mol. The molecule has 2 N–H and O–H groups in total. The van der Waals surface area contributed by atoms with Crippen LogP contribution in [0.25, 0.3) is 0 Å². The zero-order valence-electron chi connectivity index (χ0n) is 8.73. The van der Waals surface area contributed by atoms with Crippen molar-refractivity contribution in [1.29, 1.82) is 0 Å². The number of nitrogens with one attached hydrogen (secondary N) is 1. The number of carboxylic acids is 1. The first-order chi connectivity index (χ1) is 7.71. The molecule has 0 bridgehead atoms. The van der Waals surface area contributed by atoms with Crippen molar-refractivity contribution in [2.24, 2.45) is 0 Å². The summed E-state index contributed by atoms with van der Waals surface area (Å²) in [7, 11) is 0. The molecule has 86 valence electrons. The summed E-state index contributed by atoms with van der Waals surface area (Å²) in [4.78, 5) is 12.3. The monoisotopic (exact) mass is 255 g/mol. The van der Waals surface area contributed by atoms with Gasteiger partial charge in [-0.05, 0) is 36.3 Å². The Labute approximate surface area is 102 Å². The van der Waals surface area contributed by atoms with Crippen LogP contribution in [0, 0.1) is 0 Å². The minimum absolute atomic E-state index is 0.114. The van der Waals surface area contributed by atoms with Gasteiger partial charge in [0.15, 0.2) is 0 Å². The second kappa shape index (κ2) is 3.75. The SMILES string of the molecule is O=C(O)[C@H]1CSC2(CCCc3sccc32)N1. The van der Waals surface area contributed by atoms with Crippen LogP contribution < -0.4 is 5.32 Å². The van der Waals surface area contributed by atoms with E-state index in [-0.39, 0.29) is 4.87 Å². The minimum Gasteiger partial charge on any atom is -0.480 e. The first kappa shape index (κ1) is 10.6. The summed E-state index contributed by atoms with van der Waals surface area (Å²) in [6.45, 7) is 0. The van der Waals surface area contributed by atoms with Crippen LogP contribution in [0.5, 0.6) is 0 Å². The molecule has 1 aromatic rings. The zero-order chi connectivity index (χ0) is 11.2. The molecule has 5 heteroatoms. The number of hydrogen-bond donors (Lipinski definition) is 2. The molecule has 3 rings (SSSR count). The van der Waals surface area contributed by atoms with Crippen LogP contribution in [0.3, 0.4) is 0 Å². The Morgan fingerprint density at radius 3 is 3.25 bits per heavy atom. The molecule has 1 aliphatic heterocycles. The lowest BCUT2D eigenvalue weighted by molar-refractivity contribution is -0.138. The summed E-state index contributed by atoms with van der Waals surface area (Å²) in [5, 5.41) is 14.5. The third-order valence-electron chi connectivity index (χ3n) is 3.32. The van der Waals surface area contributed by atoms with Gasteiger partial charge >= 0.3 is 5.97 Å². The van der Waals surface area contributed by atoms with E-state index in [0.717, 1.165) is 19.3 Å². The van der Waals surface area contributed by atoms with Gasteiger partial charge in [0.05, 0.1) is 4.87 Å². The molecule has 1 unspecified atom stereocenters. The van der Waals surface area contributed by atoms with Crippen LogP contribution in [0.1, 0.15) is 23.3 Å². The van der Waals surface area contributed by atoms with Crippen molar-refractivity contribution in [3.8, 4) is 0 Å². The van der Waals surface area contributed by atoms with Crippen molar-refractivity contribution in [1.82, 2.24) is 5.32 Å². The van der Waals surface area contributed by atoms with Crippen molar-refractivity contribution in [2.75, 3.05) is 5.75 Å². The molecule has 1 aliphatic carbocycles. The molecule has 1 saturated heterocycles. The van der Waals surface area contributed by atoms with E-state index < -0.39 is 12.0 Å². The van der Waals surface area contributed by atoms with Crippen LogP contribution in [-0.4, -0.2) is 22.9 Å². The minimum atomic E-state index is -0.730. The van der Waals surface area contributed by atoms with Gasteiger partial charge in [-0.3, -0.25) is 10.1 Å². The number of hydrogen-bond acceptors (Lipinski definition) is 4. The first-order valence-corrected chi connectivity index (χ1v) is 7.29. The van der Waals surface area contributed by atoms with Gasteiger partial charge in [0.2, 0.25) is 0 Å². The van der Waals surface area contributed by atoms with Gasteiger partial charge in [-0.1, -0.05) is 0 Å². The molecule has 0 saturated carbocycles. The molecule has 0 amide bonds. The molecule has 0 radical (unpaired) electrons. The number of rotatable bonds is 1. The number of aliphatic carboxylic acids is 1. The van der Waals surface area contributed by atoms with Gasteiger partial charge in [-0.25, -0.2) is 0 Å². The van der Waals surface area contributed by atoms with Gasteiger partial charge in [0.1, 0.15) is 6.04 Å². The third kappa shape index (κ3) is 1.49. The summed E-state index contributed by atoms with van der Waals surface area (Å²) in [5.74, 6) is -0.0586. The highest BCUT2D eigenvalue weighted by Gasteiger charge is 2.45. The van der Waals surface area contributed by atoms with Crippen LogP contribution >= 0.6 is 23.1 Å². The average molecular weight is 255 g/mol. The second-order valence-electron chi connectivity index (χ2n) is 4.28. The quantitative estimate of drug-likeness (QED) is 0.806. The van der Waals surface area contributed by atoms with Crippen molar-refractivity contribution < 1.29 is 9.90 Å². The summed E-state index contributed by atoms with van der Waals surface area (Å²) < 4.78 is 0. The first-order valence-electron chi connectivity index (χ1n) is 5.43. The predicted molar refractivity (Wildman–Crippen MR) is 66.0 cm³/mol. The summed E-state index contributed by atoms with van der Waals surface area (Å²) >= 11 is 3.56. The highest BCUT2D eigenvalue weighted by atomic mass is 32.2. The smallest absolute Gasteiger partial charge is 0.321 e. The molecule has 2 atom stereocenters. The van der Waals surface area contributed by atoms with Gasteiger partial charge in [0.25, 0.3) is 0 Å². The standard InChI is InChI=1S/C11H13NO2S2/c13-10(14)8-6-16-11(12-8)4-1-2-9-7(11)3-5-15-9/h3,5,8,12H,1-2,4,6H2,(H,13,14)/t8-,11?/m1/s1. The van der Waals surface area contributed by atoms with E-state index in [1.54, 1.807) is 23.1 Å². The maximum absolute atomic E-state index is 11.0. The lowest BCUT2D eigenvalue weighted by atomic mass is 9.93. The molecular formula is C11H13NO2S2. The zero-order valence-corrected chi connectivity index (χ0v) is 10.4. The van der Waals surface area contributed by atoms with E-state index >= 15 is 0 Å². The Morgan fingerprint density at radius 1 is 1.62 bits per heavy atom. The second-order valence-corrected chi connectivity index (χ2v) is 6.60. The molecule has 1 fully saturated rings. The van der Waals surface area contributed by atoms with E-state index in [2.05, 4.69) is 16.8 Å². The molecule has 0 aromatic carbocycles. The van der Waals surface area contributed by atoms with E-state index in [1.807, 2.05) is 0 Å². The number of aryl methyl sites for hydroxylation is 1. The molecule has 16 heavy (non-hydrogen) atoms. The number of thioether (sulfide) groups is 1. The fourth-order valence-corrected chi connectivity index (χ4v) is 5.15. The molecule has 1 aromatic heterocycles. The van der Waals surface area contributed by atoms with Gasteiger partial charge < -0.3 is 5.11 Å². The third-order valence-corrected chi connectivity index (χ3v) is 5.83. The fraction of sp³-hybridized carbons (Fsp3) is 0.545. The molecule has 2 heterocycles.